The summed E-state index contributed by atoms with van der Waals surface area (Å²) in [5.41, 5.74) is 1.86. The van der Waals surface area contributed by atoms with Crippen LogP contribution in [-0.2, 0) is 16.3 Å². The second-order valence-corrected chi connectivity index (χ2v) is 6.45. The standard InChI is InChI=1S/C17H15NO2S/c1-2-14-8-10-15(11-9-14)12-17(13-18)21(19,20)16-6-4-3-5-7-16/h3-12H,2H2,1H3/b17-12-. The molecule has 0 unspecified atom stereocenters. The van der Waals surface area contributed by atoms with Crippen LogP contribution in [0.15, 0.2) is 64.4 Å². The zero-order valence-electron chi connectivity index (χ0n) is 11.7. The fourth-order valence-corrected chi connectivity index (χ4v) is 3.08. The van der Waals surface area contributed by atoms with Gasteiger partial charge in [-0.1, -0.05) is 49.4 Å². The molecule has 106 valence electrons. The molecule has 4 heteroatoms. The third kappa shape index (κ3) is 3.39. The number of aryl methyl sites for hydroxylation is 1. The highest BCUT2D eigenvalue weighted by Crippen LogP contribution is 2.21. The SMILES string of the molecule is CCc1ccc(/C=C(/C#N)S(=O)(=O)c2ccccc2)cc1. The first-order valence-electron chi connectivity index (χ1n) is 6.59. The molecule has 0 N–H and O–H groups in total. The molecule has 21 heavy (non-hydrogen) atoms. The van der Waals surface area contributed by atoms with Crippen LogP contribution < -0.4 is 0 Å². The molecule has 0 aromatic heterocycles. The van der Waals surface area contributed by atoms with Gasteiger partial charge in [0, 0.05) is 0 Å². The maximum Gasteiger partial charge on any atom is 0.216 e. The molecule has 0 amide bonds. The molecule has 0 saturated carbocycles. The minimum atomic E-state index is -3.77. The maximum absolute atomic E-state index is 12.4. The molecule has 0 aliphatic carbocycles. The second kappa shape index (κ2) is 6.38. The molecule has 0 fully saturated rings. The van der Waals surface area contributed by atoms with Gasteiger partial charge in [-0.3, -0.25) is 0 Å². The van der Waals surface area contributed by atoms with Gasteiger partial charge in [0.1, 0.15) is 11.0 Å². The molecule has 0 aliphatic rings. The van der Waals surface area contributed by atoms with Crippen LogP contribution in [0.5, 0.6) is 0 Å². The highest BCUT2D eigenvalue weighted by molar-refractivity contribution is 7.95. The lowest BCUT2D eigenvalue weighted by Crippen LogP contribution is -2.03. The molecule has 3 nitrogen and oxygen atoms in total. The normalized spacial score (nSPS) is 11.9. The van der Waals surface area contributed by atoms with E-state index < -0.39 is 9.84 Å². The number of rotatable bonds is 4. The number of nitrogens with zero attached hydrogens (tertiary/aromatic N) is 1. The molecule has 0 atom stereocenters. The Hall–Kier alpha value is -2.38. The number of sulfone groups is 1. The Balaban J connectivity index is 2.44. The number of hydrogen-bond donors (Lipinski definition) is 0. The van der Waals surface area contributed by atoms with Crippen LogP contribution in [0.4, 0.5) is 0 Å². The number of hydrogen-bond acceptors (Lipinski definition) is 3. The van der Waals surface area contributed by atoms with E-state index in [0.29, 0.717) is 5.56 Å². The Kier molecular flexibility index (Phi) is 4.56. The van der Waals surface area contributed by atoms with Crippen molar-refractivity contribution < 1.29 is 8.42 Å². The third-order valence-corrected chi connectivity index (χ3v) is 4.82. The van der Waals surface area contributed by atoms with Gasteiger partial charge >= 0.3 is 0 Å². The Morgan fingerprint density at radius 1 is 1.10 bits per heavy atom. The first kappa shape index (κ1) is 15.0. The van der Waals surface area contributed by atoms with Gasteiger partial charge in [-0.2, -0.15) is 5.26 Å². The van der Waals surface area contributed by atoms with E-state index in [2.05, 4.69) is 0 Å². The quantitative estimate of drug-likeness (QED) is 0.810. The molecule has 0 spiro atoms. The second-order valence-electron chi connectivity index (χ2n) is 4.53. The molecule has 0 heterocycles. The Morgan fingerprint density at radius 2 is 1.71 bits per heavy atom. The van der Waals surface area contributed by atoms with Crippen molar-refractivity contribution in [3.05, 3.63) is 70.6 Å². The van der Waals surface area contributed by atoms with Crippen LogP contribution in [0.1, 0.15) is 18.1 Å². The maximum atomic E-state index is 12.4. The summed E-state index contributed by atoms with van der Waals surface area (Å²) in [6, 6.07) is 17.3. The molecule has 0 bridgehead atoms. The summed E-state index contributed by atoms with van der Waals surface area (Å²) in [5, 5.41) is 9.19. The molecule has 0 radical (unpaired) electrons. The predicted molar refractivity (Wildman–Crippen MR) is 83.0 cm³/mol. The third-order valence-electron chi connectivity index (χ3n) is 3.14. The molecule has 0 aliphatic heterocycles. The zero-order chi connectivity index (χ0) is 15.3. The largest absolute Gasteiger partial charge is 0.218 e. The minimum Gasteiger partial charge on any atom is -0.218 e. The molecule has 2 aromatic rings. The molecular weight excluding hydrogens is 282 g/mol. The molecule has 2 rings (SSSR count). The van der Waals surface area contributed by atoms with E-state index in [1.165, 1.54) is 18.2 Å². The highest BCUT2D eigenvalue weighted by atomic mass is 32.2. The lowest BCUT2D eigenvalue weighted by atomic mass is 10.1. The monoisotopic (exact) mass is 297 g/mol. The lowest BCUT2D eigenvalue weighted by Gasteiger charge is -2.03. The van der Waals surface area contributed by atoms with Crippen molar-refractivity contribution in [2.24, 2.45) is 0 Å². The van der Waals surface area contributed by atoms with Gasteiger partial charge < -0.3 is 0 Å². The summed E-state index contributed by atoms with van der Waals surface area (Å²) in [5.74, 6) is 0. The minimum absolute atomic E-state index is 0.128. The van der Waals surface area contributed by atoms with Crippen LogP contribution in [0.25, 0.3) is 6.08 Å². The summed E-state index contributed by atoms with van der Waals surface area (Å²) in [6.45, 7) is 2.05. The molecule has 2 aromatic carbocycles. The van der Waals surface area contributed by atoms with Gasteiger partial charge in [-0.25, -0.2) is 8.42 Å². The lowest BCUT2D eigenvalue weighted by molar-refractivity contribution is 0.603. The van der Waals surface area contributed by atoms with Crippen LogP contribution >= 0.6 is 0 Å². The average molecular weight is 297 g/mol. The topological polar surface area (TPSA) is 57.9 Å². The number of allylic oxidation sites excluding steroid dienone is 1. The van der Waals surface area contributed by atoms with Gasteiger partial charge in [0.05, 0.1) is 4.90 Å². The fourth-order valence-electron chi connectivity index (χ4n) is 1.90. The van der Waals surface area contributed by atoms with E-state index in [0.717, 1.165) is 12.0 Å². The Labute approximate surface area is 125 Å². The van der Waals surface area contributed by atoms with Crippen molar-refractivity contribution in [2.75, 3.05) is 0 Å². The highest BCUT2D eigenvalue weighted by Gasteiger charge is 2.20. The van der Waals surface area contributed by atoms with Crippen LogP contribution in [0.2, 0.25) is 0 Å². The van der Waals surface area contributed by atoms with Gasteiger partial charge in [-0.15, -0.1) is 0 Å². The van der Waals surface area contributed by atoms with E-state index in [1.807, 2.05) is 31.2 Å². The van der Waals surface area contributed by atoms with Crippen molar-refractivity contribution in [3.8, 4) is 6.07 Å². The van der Waals surface area contributed by atoms with E-state index >= 15 is 0 Å². The Bertz CT molecular complexity index is 783. The van der Waals surface area contributed by atoms with E-state index in [4.69, 9.17) is 0 Å². The van der Waals surface area contributed by atoms with Crippen molar-refractivity contribution in [1.82, 2.24) is 0 Å². The van der Waals surface area contributed by atoms with Crippen molar-refractivity contribution in [3.63, 3.8) is 0 Å². The average Bonchev–Trinajstić information content (AvgIpc) is 2.53. The first-order chi connectivity index (χ1) is 10.1. The van der Waals surface area contributed by atoms with Crippen LogP contribution in [0, 0.1) is 11.3 Å². The zero-order valence-corrected chi connectivity index (χ0v) is 12.5. The first-order valence-corrected chi connectivity index (χ1v) is 8.07. The fraction of sp³-hybridized carbons (Fsp3) is 0.118. The summed E-state index contributed by atoms with van der Waals surface area (Å²) in [4.78, 5) is -0.124. The summed E-state index contributed by atoms with van der Waals surface area (Å²) >= 11 is 0. The summed E-state index contributed by atoms with van der Waals surface area (Å²) in [6.07, 6.45) is 2.32. The number of nitriles is 1. The predicted octanol–water partition coefficient (Wildman–Crippen LogP) is 3.59. The van der Waals surface area contributed by atoms with Crippen molar-refractivity contribution in [2.45, 2.75) is 18.2 Å². The Morgan fingerprint density at radius 3 is 2.24 bits per heavy atom. The van der Waals surface area contributed by atoms with Crippen molar-refractivity contribution in [1.29, 1.82) is 5.26 Å². The van der Waals surface area contributed by atoms with Gasteiger partial charge in [0.2, 0.25) is 9.84 Å². The number of benzene rings is 2. The summed E-state index contributed by atoms with van der Waals surface area (Å²) < 4.78 is 24.8. The van der Waals surface area contributed by atoms with Gasteiger partial charge in [0.25, 0.3) is 0 Å². The van der Waals surface area contributed by atoms with Gasteiger partial charge in [0.15, 0.2) is 0 Å². The smallest absolute Gasteiger partial charge is 0.216 e. The van der Waals surface area contributed by atoms with Crippen LogP contribution in [0.3, 0.4) is 0 Å². The van der Waals surface area contributed by atoms with Crippen LogP contribution in [-0.4, -0.2) is 8.42 Å². The van der Waals surface area contributed by atoms with E-state index in [-0.39, 0.29) is 9.80 Å². The van der Waals surface area contributed by atoms with E-state index in [1.54, 1.807) is 24.3 Å². The van der Waals surface area contributed by atoms with Crippen molar-refractivity contribution >= 4 is 15.9 Å². The molecule has 0 saturated heterocycles. The van der Waals surface area contributed by atoms with Gasteiger partial charge in [-0.05, 0) is 35.8 Å². The summed E-state index contributed by atoms with van der Waals surface area (Å²) in [7, 11) is -3.77. The molecular formula is C17H15NO2S. The van der Waals surface area contributed by atoms with E-state index in [9.17, 15) is 13.7 Å².